The smallest absolute Gasteiger partial charge is 0.339 e. The minimum atomic E-state index is -0.963. The number of ether oxygens (including phenoxy) is 1. The van der Waals surface area contributed by atoms with Gasteiger partial charge in [-0.25, -0.2) is 4.79 Å². The van der Waals surface area contributed by atoms with E-state index in [1.54, 1.807) is 12.1 Å². The summed E-state index contributed by atoms with van der Waals surface area (Å²) in [6.07, 6.45) is 0. The van der Waals surface area contributed by atoms with Crippen LogP contribution in [0.4, 0.5) is 0 Å². The maximum absolute atomic E-state index is 11.0. The van der Waals surface area contributed by atoms with Crippen molar-refractivity contribution in [3.63, 3.8) is 0 Å². The lowest BCUT2D eigenvalue weighted by Crippen LogP contribution is -2.29. The third-order valence-electron chi connectivity index (χ3n) is 3.02. The Balaban J connectivity index is 2.95. The van der Waals surface area contributed by atoms with Crippen LogP contribution in [0.15, 0.2) is 18.2 Å². The number of hydrogen-bond donors (Lipinski definition) is 1. The van der Waals surface area contributed by atoms with E-state index < -0.39 is 5.97 Å². The third-order valence-corrected chi connectivity index (χ3v) is 3.02. The Hall–Kier alpha value is -1.55. The molecule has 0 aromatic heterocycles. The number of carbonyl (C=O) groups is 1. The largest absolute Gasteiger partial charge is 0.496 e. The molecule has 0 radical (unpaired) electrons. The van der Waals surface area contributed by atoms with Crippen LogP contribution in [0.1, 0.15) is 36.7 Å². The molecule has 0 amide bonds. The number of carboxylic acids is 1. The number of hydrogen-bond acceptors (Lipinski definition) is 3. The van der Waals surface area contributed by atoms with Crippen molar-refractivity contribution in [2.24, 2.45) is 0 Å². The molecule has 1 aromatic rings. The van der Waals surface area contributed by atoms with Gasteiger partial charge in [0.15, 0.2) is 0 Å². The summed E-state index contributed by atoms with van der Waals surface area (Å²) in [4.78, 5) is 13.3. The van der Waals surface area contributed by atoms with Crippen molar-refractivity contribution in [1.29, 1.82) is 0 Å². The normalized spacial score (nSPS) is 11.0. The molecular formula is C14H21NO3. The van der Waals surface area contributed by atoms with E-state index in [2.05, 4.69) is 25.7 Å². The molecule has 4 heteroatoms. The second-order valence-electron chi connectivity index (χ2n) is 4.50. The quantitative estimate of drug-likeness (QED) is 0.844. The van der Waals surface area contributed by atoms with Crippen LogP contribution in [-0.4, -0.2) is 35.7 Å². The molecular weight excluding hydrogens is 230 g/mol. The summed E-state index contributed by atoms with van der Waals surface area (Å²) in [6, 6.07) is 5.70. The second kappa shape index (κ2) is 6.40. The molecule has 0 atom stereocenters. The van der Waals surface area contributed by atoms with Crippen LogP contribution in [0.2, 0.25) is 0 Å². The first kappa shape index (κ1) is 14.5. The molecule has 0 aliphatic rings. The standard InChI is InChI=1S/C14H21NO3/c1-5-15(10(2)3)9-11-6-7-12(14(16)17)13(8-11)18-4/h6-8,10H,5,9H2,1-4H3,(H,16,17). The molecule has 1 rings (SSSR count). The molecule has 4 nitrogen and oxygen atoms in total. The van der Waals surface area contributed by atoms with Gasteiger partial charge in [-0.1, -0.05) is 13.0 Å². The predicted molar refractivity (Wildman–Crippen MR) is 71.2 cm³/mol. The number of carboxylic acid groups (broad SMARTS) is 1. The molecule has 0 heterocycles. The lowest BCUT2D eigenvalue weighted by Gasteiger charge is -2.25. The van der Waals surface area contributed by atoms with Gasteiger partial charge in [0.1, 0.15) is 11.3 Å². The first-order valence-corrected chi connectivity index (χ1v) is 6.13. The van der Waals surface area contributed by atoms with E-state index in [1.807, 2.05) is 6.07 Å². The van der Waals surface area contributed by atoms with Gasteiger partial charge in [-0.15, -0.1) is 0 Å². The van der Waals surface area contributed by atoms with Crippen LogP contribution in [0, 0.1) is 0 Å². The molecule has 0 unspecified atom stereocenters. The molecule has 0 aliphatic carbocycles. The van der Waals surface area contributed by atoms with Crippen molar-refractivity contribution in [2.45, 2.75) is 33.4 Å². The summed E-state index contributed by atoms with van der Waals surface area (Å²) in [5.74, 6) is -0.547. The van der Waals surface area contributed by atoms with Crippen LogP contribution in [0.3, 0.4) is 0 Å². The van der Waals surface area contributed by atoms with Gasteiger partial charge in [-0.05, 0) is 38.1 Å². The van der Waals surface area contributed by atoms with Crippen LogP contribution < -0.4 is 4.74 Å². The monoisotopic (exact) mass is 251 g/mol. The van der Waals surface area contributed by atoms with Gasteiger partial charge < -0.3 is 9.84 Å². The SMILES string of the molecule is CCN(Cc1ccc(C(=O)O)c(OC)c1)C(C)C. The summed E-state index contributed by atoms with van der Waals surface area (Å²) in [5.41, 5.74) is 1.27. The number of nitrogens with zero attached hydrogens (tertiary/aromatic N) is 1. The van der Waals surface area contributed by atoms with Crippen molar-refractivity contribution >= 4 is 5.97 Å². The molecule has 0 aliphatic heterocycles. The third kappa shape index (κ3) is 3.47. The zero-order chi connectivity index (χ0) is 13.7. The van der Waals surface area contributed by atoms with E-state index in [1.165, 1.54) is 7.11 Å². The zero-order valence-electron chi connectivity index (χ0n) is 11.4. The molecule has 100 valence electrons. The topological polar surface area (TPSA) is 49.8 Å². The first-order valence-electron chi connectivity index (χ1n) is 6.13. The van der Waals surface area contributed by atoms with Gasteiger partial charge >= 0.3 is 5.97 Å². The molecule has 0 saturated carbocycles. The molecule has 0 saturated heterocycles. The minimum Gasteiger partial charge on any atom is -0.496 e. The molecule has 0 spiro atoms. The first-order chi connectivity index (χ1) is 8.49. The summed E-state index contributed by atoms with van der Waals surface area (Å²) in [5, 5.41) is 9.01. The minimum absolute atomic E-state index is 0.203. The summed E-state index contributed by atoms with van der Waals surface area (Å²) in [7, 11) is 1.49. The maximum atomic E-state index is 11.0. The number of rotatable bonds is 6. The van der Waals surface area contributed by atoms with Crippen molar-refractivity contribution in [3.8, 4) is 5.75 Å². The Morgan fingerprint density at radius 3 is 2.56 bits per heavy atom. The zero-order valence-corrected chi connectivity index (χ0v) is 11.4. The van der Waals surface area contributed by atoms with E-state index >= 15 is 0 Å². The van der Waals surface area contributed by atoms with Crippen molar-refractivity contribution < 1.29 is 14.6 Å². The van der Waals surface area contributed by atoms with Crippen molar-refractivity contribution in [3.05, 3.63) is 29.3 Å². The van der Waals surface area contributed by atoms with Crippen molar-refractivity contribution in [1.82, 2.24) is 4.90 Å². The van der Waals surface area contributed by atoms with E-state index in [4.69, 9.17) is 9.84 Å². The van der Waals surface area contributed by atoms with Crippen LogP contribution in [-0.2, 0) is 6.54 Å². The predicted octanol–water partition coefficient (Wildman–Crippen LogP) is 2.62. The van der Waals surface area contributed by atoms with Crippen LogP contribution >= 0.6 is 0 Å². The summed E-state index contributed by atoms with van der Waals surface area (Å²) < 4.78 is 5.12. The van der Waals surface area contributed by atoms with E-state index in [-0.39, 0.29) is 5.56 Å². The Labute approximate surface area is 108 Å². The highest BCUT2D eigenvalue weighted by molar-refractivity contribution is 5.90. The number of benzene rings is 1. The average molecular weight is 251 g/mol. The Morgan fingerprint density at radius 2 is 2.11 bits per heavy atom. The number of aromatic carboxylic acids is 1. The van der Waals surface area contributed by atoms with E-state index in [0.29, 0.717) is 11.8 Å². The Bertz CT molecular complexity index is 416. The highest BCUT2D eigenvalue weighted by Crippen LogP contribution is 2.21. The molecule has 1 N–H and O–H groups in total. The Kier molecular flexibility index (Phi) is 5.16. The van der Waals surface area contributed by atoms with Gasteiger partial charge in [0, 0.05) is 12.6 Å². The fourth-order valence-electron chi connectivity index (χ4n) is 1.90. The van der Waals surface area contributed by atoms with Gasteiger partial charge in [0.05, 0.1) is 7.11 Å². The van der Waals surface area contributed by atoms with Gasteiger partial charge in [-0.3, -0.25) is 4.90 Å². The van der Waals surface area contributed by atoms with Crippen LogP contribution in [0.5, 0.6) is 5.75 Å². The molecule has 1 aromatic carbocycles. The van der Waals surface area contributed by atoms with E-state index in [9.17, 15) is 4.79 Å². The highest BCUT2D eigenvalue weighted by Gasteiger charge is 2.13. The maximum Gasteiger partial charge on any atom is 0.339 e. The van der Waals surface area contributed by atoms with E-state index in [0.717, 1.165) is 18.7 Å². The number of methoxy groups -OCH3 is 1. The average Bonchev–Trinajstić information content (AvgIpc) is 2.34. The molecule has 0 bridgehead atoms. The second-order valence-corrected chi connectivity index (χ2v) is 4.50. The van der Waals surface area contributed by atoms with Gasteiger partial charge in [0.25, 0.3) is 0 Å². The lowest BCUT2D eigenvalue weighted by molar-refractivity contribution is 0.0693. The van der Waals surface area contributed by atoms with Crippen LogP contribution in [0.25, 0.3) is 0 Å². The Morgan fingerprint density at radius 1 is 1.44 bits per heavy atom. The summed E-state index contributed by atoms with van der Waals surface area (Å²) in [6.45, 7) is 8.16. The van der Waals surface area contributed by atoms with Crippen molar-refractivity contribution in [2.75, 3.05) is 13.7 Å². The summed E-state index contributed by atoms with van der Waals surface area (Å²) >= 11 is 0. The molecule has 0 fully saturated rings. The van der Waals surface area contributed by atoms with Gasteiger partial charge in [0.2, 0.25) is 0 Å². The fourth-order valence-corrected chi connectivity index (χ4v) is 1.90. The van der Waals surface area contributed by atoms with Gasteiger partial charge in [-0.2, -0.15) is 0 Å². The lowest BCUT2D eigenvalue weighted by atomic mass is 10.1. The highest BCUT2D eigenvalue weighted by atomic mass is 16.5. The fraction of sp³-hybridized carbons (Fsp3) is 0.500. The molecule has 18 heavy (non-hydrogen) atoms.